The Bertz CT molecular complexity index is 476. The Morgan fingerprint density at radius 2 is 2.27 bits per heavy atom. The number of carbonyl (C=O) groups is 1. The average molecular weight is 203 g/mol. The number of ether oxygens (including phenoxy) is 1. The van der Waals surface area contributed by atoms with Gasteiger partial charge >= 0.3 is 0 Å². The molecule has 2 rings (SSSR count). The van der Waals surface area contributed by atoms with Gasteiger partial charge in [0.05, 0.1) is 13.4 Å². The van der Waals surface area contributed by atoms with E-state index in [1.807, 2.05) is 6.07 Å². The lowest BCUT2D eigenvalue weighted by atomic mass is 10.1. The van der Waals surface area contributed by atoms with E-state index in [4.69, 9.17) is 9.15 Å². The van der Waals surface area contributed by atoms with Crippen LogP contribution < -0.4 is 4.74 Å². The van der Waals surface area contributed by atoms with Crippen molar-refractivity contribution in [1.82, 2.24) is 4.98 Å². The Hall–Kier alpha value is -2.10. The molecule has 0 saturated heterocycles. The van der Waals surface area contributed by atoms with Gasteiger partial charge in [-0.1, -0.05) is 0 Å². The van der Waals surface area contributed by atoms with Crippen molar-refractivity contribution < 1.29 is 13.9 Å². The van der Waals surface area contributed by atoms with Crippen molar-refractivity contribution >= 4 is 6.29 Å². The summed E-state index contributed by atoms with van der Waals surface area (Å²) in [6, 6.07) is 5.31. The molecule has 2 aromatic rings. The molecule has 0 N–H and O–H groups in total. The zero-order chi connectivity index (χ0) is 10.7. The zero-order valence-electron chi connectivity index (χ0n) is 8.14. The smallest absolute Gasteiger partial charge is 0.221 e. The minimum Gasteiger partial charge on any atom is -0.481 e. The van der Waals surface area contributed by atoms with Crippen molar-refractivity contribution in [2.45, 2.75) is 0 Å². The highest BCUT2D eigenvalue weighted by atomic mass is 16.5. The van der Waals surface area contributed by atoms with Gasteiger partial charge in [0.2, 0.25) is 5.88 Å². The van der Waals surface area contributed by atoms with E-state index in [0.29, 0.717) is 17.7 Å². The summed E-state index contributed by atoms with van der Waals surface area (Å²) in [5.41, 5.74) is 1.44. The van der Waals surface area contributed by atoms with Crippen LogP contribution in [-0.4, -0.2) is 18.4 Å². The molecule has 0 aromatic carbocycles. The number of pyridine rings is 1. The normalized spacial score (nSPS) is 9.93. The van der Waals surface area contributed by atoms with Gasteiger partial charge < -0.3 is 9.15 Å². The first-order chi connectivity index (χ1) is 7.36. The Morgan fingerprint density at radius 3 is 3.00 bits per heavy atom. The summed E-state index contributed by atoms with van der Waals surface area (Å²) in [6.45, 7) is 0. The number of aromatic nitrogens is 1. The van der Waals surface area contributed by atoms with Gasteiger partial charge in [-0.3, -0.25) is 4.79 Å². The maximum atomic E-state index is 10.7. The van der Waals surface area contributed by atoms with Crippen LogP contribution in [0.4, 0.5) is 0 Å². The molecule has 0 aliphatic carbocycles. The molecule has 0 saturated carbocycles. The Labute approximate surface area is 86.5 Å². The van der Waals surface area contributed by atoms with Crippen LogP contribution in [0, 0.1) is 0 Å². The molecule has 2 heterocycles. The second-order valence-electron chi connectivity index (χ2n) is 2.88. The standard InChI is InChI=1S/C11H9NO3/c1-14-11-9(3-2-5-12-11)8-4-6-15-10(8)7-13/h2-7H,1H3. The van der Waals surface area contributed by atoms with E-state index in [9.17, 15) is 4.79 Å². The predicted molar refractivity (Wildman–Crippen MR) is 53.9 cm³/mol. The fourth-order valence-electron chi connectivity index (χ4n) is 1.39. The molecule has 2 aromatic heterocycles. The Morgan fingerprint density at radius 1 is 1.40 bits per heavy atom. The number of hydrogen-bond acceptors (Lipinski definition) is 4. The lowest BCUT2D eigenvalue weighted by molar-refractivity contribution is 0.110. The highest BCUT2D eigenvalue weighted by Gasteiger charge is 2.12. The van der Waals surface area contributed by atoms with Crippen LogP contribution in [0.15, 0.2) is 35.1 Å². The molecular formula is C11H9NO3. The number of nitrogens with zero attached hydrogens (tertiary/aromatic N) is 1. The van der Waals surface area contributed by atoms with E-state index in [1.54, 1.807) is 18.3 Å². The SMILES string of the molecule is COc1ncccc1-c1ccoc1C=O. The van der Waals surface area contributed by atoms with E-state index >= 15 is 0 Å². The van der Waals surface area contributed by atoms with Crippen molar-refractivity contribution in [3.05, 3.63) is 36.4 Å². The molecule has 0 amide bonds. The molecule has 4 heteroatoms. The van der Waals surface area contributed by atoms with Crippen molar-refractivity contribution in [2.75, 3.05) is 7.11 Å². The molecule has 0 bridgehead atoms. The minimum atomic E-state index is 0.279. The van der Waals surface area contributed by atoms with E-state index in [0.717, 1.165) is 5.56 Å². The maximum Gasteiger partial charge on any atom is 0.221 e. The highest BCUT2D eigenvalue weighted by Crippen LogP contribution is 2.30. The van der Waals surface area contributed by atoms with Crippen molar-refractivity contribution in [3.63, 3.8) is 0 Å². The Kier molecular flexibility index (Phi) is 2.49. The lowest BCUT2D eigenvalue weighted by Crippen LogP contribution is -1.91. The fraction of sp³-hybridized carbons (Fsp3) is 0.0909. The van der Waals surface area contributed by atoms with Crippen molar-refractivity contribution in [2.24, 2.45) is 0 Å². The molecule has 0 unspecified atom stereocenters. The summed E-state index contributed by atoms with van der Waals surface area (Å²) in [6.07, 6.45) is 3.76. The van der Waals surface area contributed by atoms with E-state index < -0.39 is 0 Å². The summed E-state index contributed by atoms with van der Waals surface area (Å²) in [5.74, 6) is 0.753. The van der Waals surface area contributed by atoms with Crippen LogP contribution in [0.3, 0.4) is 0 Å². The number of carbonyl (C=O) groups excluding carboxylic acids is 1. The molecule has 4 nitrogen and oxygen atoms in total. The highest BCUT2D eigenvalue weighted by molar-refractivity contribution is 5.85. The molecule has 15 heavy (non-hydrogen) atoms. The average Bonchev–Trinajstić information content (AvgIpc) is 2.76. The van der Waals surface area contributed by atoms with Crippen LogP contribution in [0.25, 0.3) is 11.1 Å². The maximum absolute atomic E-state index is 10.7. The molecule has 0 atom stereocenters. The van der Waals surface area contributed by atoms with Gasteiger partial charge in [0.25, 0.3) is 0 Å². The van der Waals surface area contributed by atoms with E-state index in [2.05, 4.69) is 4.98 Å². The van der Waals surface area contributed by atoms with Crippen molar-refractivity contribution in [3.8, 4) is 17.0 Å². The summed E-state index contributed by atoms with van der Waals surface area (Å²) in [5, 5.41) is 0. The molecule has 0 radical (unpaired) electrons. The number of furan rings is 1. The van der Waals surface area contributed by atoms with Gasteiger partial charge in [-0.15, -0.1) is 0 Å². The van der Waals surface area contributed by atoms with Gasteiger partial charge in [-0.05, 0) is 18.2 Å². The third kappa shape index (κ3) is 1.61. The predicted octanol–water partition coefficient (Wildman–Crippen LogP) is 2.16. The quantitative estimate of drug-likeness (QED) is 0.717. The van der Waals surface area contributed by atoms with Gasteiger partial charge in [-0.25, -0.2) is 4.98 Å². The second-order valence-corrected chi connectivity index (χ2v) is 2.88. The van der Waals surface area contributed by atoms with Crippen LogP contribution in [0.1, 0.15) is 10.6 Å². The molecular weight excluding hydrogens is 194 g/mol. The molecule has 0 fully saturated rings. The molecule has 0 aliphatic rings. The monoisotopic (exact) mass is 203 g/mol. The van der Waals surface area contributed by atoms with Crippen LogP contribution >= 0.6 is 0 Å². The van der Waals surface area contributed by atoms with E-state index in [-0.39, 0.29) is 5.76 Å². The van der Waals surface area contributed by atoms with E-state index in [1.165, 1.54) is 13.4 Å². The van der Waals surface area contributed by atoms with Crippen LogP contribution in [0.2, 0.25) is 0 Å². The number of aldehydes is 1. The molecule has 0 spiro atoms. The number of rotatable bonds is 3. The summed E-state index contributed by atoms with van der Waals surface area (Å²) in [7, 11) is 1.53. The van der Waals surface area contributed by atoms with Crippen LogP contribution in [-0.2, 0) is 0 Å². The van der Waals surface area contributed by atoms with Crippen LogP contribution in [0.5, 0.6) is 5.88 Å². The lowest BCUT2D eigenvalue weighted by Gasteiger charge is -2.04. The minimum absolute atomic E-state index is 0.279. The van der Waals surface area contributed by atoms with Gasteiger partial charge in [-0.2, -0.15) is 0 Å². The summed E-state index contributed by atoms with van der Waals surface area (Å²) >= 11 is 0. The number of hydrogen-bond donors (Lipinski definition) is 0. The van der Waals surface area contributed by atoms with Gasteiger partial charge in [0.1, 0.15) is 0 Å². The van der Waals surface area contributed by atoms with Crippen molar-refractivity contribution in [1.29, 1.82) is 0 Å². The second kappa shape index (κ2) is 3.96. The van der Waals surface area contributed by atoms with Gasteiger partial charge in [0, 0.05) is 17.3 Å². The Balaban J connectivity index is 2.58. The third-order valence-corrected chi connectivity index (χ3v) is 2.06. The number of methoxy groups -OCH3 is 1. The zero-order valence-corrected chi connectivity index (χ0v) is 8.14. The largest absolute Gasteiger partial charge is 0.481 e. The molecule has 76 valence electrons. The summed E-state index contributed by atoms with van der Waals surface area (Å²) in [4.78, 5) is 14.8. The third-order valence-electron chi connectivity index (χ3n) is 2.06. The fourth-order valence-corrected chi connectivity index (χ4v) is 1.39. The molecule has 0 aliphatic heterocycles. The topological polar surface area (TPSA) is 52.3 Å². The first kappa shape index (κ1) is 9.45. The first-order valence-electron chi connectivity index (χ1n) is 4.39. The summed E-state index contributed by atoms with van der Waals surface area (Å²) < 4.78 is 10.1. The van der Waals surface area contributed by atoms with Gasteiger partial charge in [0.15, 0.2) is 12.0 Å². The first-order valence-corrected chi connectivity index (χ1v) is 4.39.